The molecule has 2 unspecified atom stereocenters. The Labute approximate surface area is 172 Å². The van der Waals surface area contributed by atoms with Crippen molar-refractivity contribution in [3.8, 4) is 0 Å². The molecule has 29 heavy (non-hydrogen) atoms. The summed E-state index contributed by atoms with van der Waals surface area (Å²) in [5.74, 6) is 1.37. The third-order valence-corrected chi connectivity index (χ3v) is 7.00. The molecule has 4 rings (SSSR count). The van der Waals surface area contributed by atoms with Crippen LogP contribution in [0.1, 0.15) is 30.4 Å². The highest BCUT2D eigenvalue weighted by molar-refractivity contribution is 7.48. The van der Waals surface area contributed by atoms with E-state index < -0.39 is 7.82 Å². The molecule has 0 radical (unpaired) electrons. The molecule has 1 fully saturated rings. The molecule has 2 aromatic carbocycles. The van der Waals surface area contributed by atoms with Crippen LogP contribution in [0.2, 0.25) is 0 Å². The lowest BCUT2D eigenvalue weighted by atomic mass is 9.89. The van der Waals surface area contributed by atoms with Gasteiger partial charge in [-0.1, -0.05) is 60.7 Å². The third kappa shape index (κ3) is 5.37. The lowest BCUT2D eigenvalue weighted by Crippen LogP contribution is -2.30. The van der Waals surface area contributed by atoms with Gasteiger partial charge in [-0.05, 0) is 49.6 Å². The molecule has 1 aliphatic heterocycles. The van der Waals surface area contributed by atoms with Gasteiger partial charge in [0.15, 0.2) is 0 Å². The molecule has 0 amide bonds. The molecule has 5 nitrogen and oxygen atoms in total. The Balaban J connectivity index is 1.47. The van der Waals surface area contributed by atoms with E-state index in [9.17, 15) is 4.57 Å². The topological polar surface area (TPSA) is 48.0 Å². The van der Waals surface area contributed by atoms with E-state index in [1.54, 1.807) is 0 Å². The molecule has 1 heterocycles. The predicted octanol–water partition coefficient (Wildman–Crippen LogP) is 5.54. The van der Waals surface area contributed by atoms with Crippen LogP contribution in [0.25, 0.3) is 0 Å². The molecule has 1 aliphatic carbocycles. The molecular weight excluding hydrogens is 385 g/mol. The first-order valence-electron chi connectivity index (χ1n) is 10.2. The fourth-order valence-corrected chi connectivity index (χ4v) is 5.23. The summed E-state index contributed by atoms with van der Waals surface area (Å²) >= 11 is 0. The Kier molecular flexibility index (Phi) is 6.51. The summed E-state index contributed by atoms with van der Waals surface area (Å²) in [6.07, 6.45) is 5.11. The quantitative estimate of drug-likeness (QED) is 0.532. The number of likely N-dealkylation sites (N-methyl/N-ethyl adjacent to an activating group) is 1. The zero-order valence-electron chi connectivity index (χ0n) is 16.8. The molecule has 154 valence electrons. The first kappa shape index (κ1) is 20.4. The SMILES string of the molecule is CN1CCC2CCC(OP(=O)(OCc3ccccc3)OCc3ccccc3)=CC21. The maximum Gasteiger partial charge on any atom is 0.530 e. The number of likely N-dealkylation sites (tertiary alicyclic amines) is 1. The van der Waals surface area contributed by atoms with Crippen molar-refractivity contribution in [2.75, 3.05) is 13.6 Å². The Bertz CT molecular complexity index is 823. The first-order chi connectivity index (χ1) is 14.1. The Hall–Kier alpha value is -1.91. The maximum absolute atomic E-state index is 13.5. The minimum absolute atomic E-state index is 0.173. The summed E-state index contributed by atoms with van der Waals surface area (Å²) in [4.78, 5) is 2.33. The van der Waals surface area contributed by atoms with E-state index in [4.69, 9.17) is 13.6 Å². The Morgan fingerprint density at radius 2 is 1.52 bits per heavy atom. The van der Waals surface area contributed by atoms with Crippen molar-refractivity contribution in [1.82, 2.24) is 4.90 Å². The molecule has 0 aromatic heterocycles. The molecule has 0 bridgehead atoms. The second-order valence-corrected chi connectivity index (χ2v) is 9.34. The first-order valence-corrected chi connectivity index (χ1v) is 11.6. The molecule has 1 saturated heterocycles. The smallest absolute Gasteiger partial charge is 0.409 e. The normalized spacial score (nSPS) is 22.2. The zero-order valence-corrected chi connectivity index (χ0v) is 17.7. The van der Waals surface area contributed by atoms with Gasteiger partial charge in [0, 0.05) is 12.5 Å². The second kappa shape index (κ2) is 9.27. The lowest BCUT2D eigenvalue weighted by Gasteiger charge is -2.29. The van der Waals surface area contributed by atoms with Gasteiger partial charge in [-0.3, -0.25) is 13.9 Å². The van der Waals surface area contributed by atoms with E-state index in [2.05, 4.69) is 18.0 Å². The van der Waals surface area contributed by atoms with Gasteiger partial charge in [-0.15, -0.1) is 0 Å². The molecule has 2 atom stereocenters. The van der Waals surface area contributed by atoms with Crippen molar-refractivity contribution < 1.29 is 18.1 Å². The van der Waals surface area contributed by atoms with Gasteiger partial charge in [0.1, 0.15) is 5.76 Å². The van der Waals surface area contributed by atoms with Crippen molar-refractivity contribution >= 4 is 7.82 Å². The molecule has 0 spiro atoms. The number of benzene rings is 2. The lowest BCUT2D eigenvalue weighted by molar-refractivity contribution is 0.118. The predicted molar refractivity (Wildman–Crippen MR) is 113 cm³/mol. The average Bonchev–Trinajstić information content (AvgIpc) is 3.13. The van der Waals surface area contributed by atoms with Crippen molar-refractivity contribution in [3.63, 3.8) is 0 Å². The zero-order chi connectivity index (χ0) is 20.1. The van der Waals surface area contributed by atoms with E-state index in [1.807, 2.05) is 60.7 Å². The number of hydrogen-bond acceptors (Lipinski definition) is 5. The third-order valence-electron chi connectivity index (χ3n) is 5.66. The van der Waals surface area contributed by atoms with Gasteiger partial charge in [0.05, 0.1) is 13.2 Å². The van der Waals surface area contributed by atoms with Gasteiger partial charge >= 0.3 is 7.82 Å². The minimum atomic E-state index is -3.76. The van der Waals surface area contributed by atoms with Crippen LogP contribution in [0.3, 0.4) is 0 Å². The van der Waals surface area contributed by atoms with Crippen molar-refractivity contribution in [3.05, 3.63) is 83.6 Å². The number of nitrogens with zero attached hydrogens (tertiary/aromatic N) is 1. The number of rotatable bonds is 8. The number of phosphoric acid groups is 1. The van der Waals surface area contributed by atoms with Gasteiger partial charge in [-0.2, -0.15) is 0 Å². The summed E-state index contributed by atoms with van der Waals surface area (Å²) in [7, 11) is -1.64. The van der Waals surface area contributed by atoms with Gasteiger partial charge in [0.2, 0.25) is 0 Å². The average molecular weight is 413 g/mol. The van der Waals surface area contributed by atoms with E-state index in [0.717, 1.165) is 30.5 Å². The largest absolute Gasteiger partial charge is 0.530 e. The van der Waals surface area contributed by atoms with E-state index >= 15 is 0 Å². The van der Waals surface area contributed by atoms with Crippen LogP contribution in [0, 0.1) is 5.92 Å². The highest BCUT2D eigenvalue weighted by atomic mass is 31.2. The van der Waals surface area contributed by atoms with Crippen LogP contribution >= 0.6 is 7.82 Å². The Morgan fingerprint density at radius 1 is 0.931 bits per heavy atom. The molecule has 2 aromatic rings. The number of allylic oxidation sites excluding steroid dienone is 1. The van der Waals surface area contributed by atoms with Crippen LogP contribution in [0.5, 0.6) is 0 Å². The van der Waals surface area contributed by atoms with Crippen LogP contribution in [0.15, 0.2) is 72.5 Å². The van der Waals surface area contributed by atoms with E-state index in [1.165, 1.54) is 6.42 Å². The van der Waals surface area contributed by atoms with Crippen molar-refractivity contribution in [2.24, 2.45) is 5.92 Å². The summed E-state index contributed by atoms with van der Waals surface area (Å²) in [5.41, 5.74) is 1.85. The fraction of sp³-hybridized carbons (Fsp3) is 0.391. The van der Waals surface area contributed by atoms with Crippen LogP contribution in [0.4, 0.5) is 0 Å². The van der Waals surface area contributed by atoms with Gasteiger partial charge < -0.3 is 4.52 Å². The molecule has 6 heteroatoms. The van der Waals surface area contributed by atoms with Gasteiger partial charge in [0.25, 0.3) is 0 Å². The van der Waals surface area contributed by atoms with Crippen LogP contribution < -0.4 is 0 Å². The summed E-state index contributed by atoms with van der Waals surface area (Å²) in [5, 5.41) is 0. The molecule has 2 aliphatic rings. The maximum atomic E-state index is 13.5. The standard InChI is InChI=1S/C23H28NO4P/c1-24-15-14-21-12-13-22(16-23(21)24)28-29(25,26-17-19-8-4-2-5-9-19)27-18-20-10-6-3-7-11-20/h2-11,16,21,23H,12-15,17-18H2,1H3. The van der Waals surface area contributed by atoms with E-state index in [-0.39, 0.29) is 13.2 Å². The second-order valence-electron chi connectivity index (χ2n) is 7.75. The monoisotopic (exact) mass is 413 g/mol. The summed E-state index contributed by atoms with van der Waals surface area (Å²) in [6, 6.07) is 19.6. The summed E-state index contributed by atoms with van der Waals surface area (Å²) < 4.78 is 30.9. The van der Waals surface area contributed by atoms with E-state index in [0.29, 0.717) is 17.7 Å². The van der Waals surface area contributed by atoms with Crippen molar-refractivity contribution in [2.45, 2.75) is 38.5 Å². The fourth-order valence-electron chi connectivity index (χ4n) is 3.99. The number of phosphoric ester groups is 1. The molecule has 0 saturated carbocycles. The molecule has 0 N–H and O–H groups in total. The number of fused-ring (bicyclic) bond motifs is 1. The molecular formula is C23H28NO4P. The highest BCUT2D eigenvalue weighted by Crippen LogP contribution is 2.54. The van der Waals surface area contributed by atoms with Crippen molar-refractivity contribution in [1.29, 1.82) is 0 Å². The minimum Gasteiger partial charge on any atom is -0.409 e. The van der Waals surface area contributed by atoms with Gasteiger partial charge in [-0.25, -0.2) is 4.57 Å². The Morgan fingerprint density at radius 3 is 2.10 bits per heavy atom. The highest BCUT2D eigenvalue weighted by Gasteiger charge is 2.37. The number of hydrogen-bond donors (Lipinski definition) is 0. The van der Waals surface area contributed by atoms with Crippen LogP contribution in [-0.4, -0.2) is 24.5 Å². The summed E-state index contributed by atoms with van der Waals surface area (Å²) in [6.45, 7) is 1.43. The van der Waals surface area contributed by atoms with Crippen LogP contribution in [-0.2, 0) is 31.4 Å².